The molecular weight excluding hydrogens is 207 g/mol. The first-order valence-corrected chi connectivity index (χ1v) is 5.03. The molecular formula is C10H10Cl2O. The summed E-state index contributed by atoms with van der Waals surface area (Å²) < 4.78 is 0. The number of hydrogen-bond donors (Lipinski definition) is 1. The van der Waals surface area contributed by atoms with Crippen molar-refractivity contribution in [1.29, 1.82) is 0 Å². The first-order chi connectivity index (χ1) is 6.22. The van der Waals surface area contributed by atoms with E-state index in [1.807, 2.05) is 12.1 Å². The summed E-state index contributed by atoms with van der Waals surface area (Å²) in [5.74, 6) is 0.841. The molecule has 0 spiro atoms. The molecule has 1 N–H and O–H groups in total. The third-order valence-electron chi connectivity index (χ3n) is 2.52. The summed E-state index contributed by atoms with van der Waals surface area (Å²) in [5.41, 5.74) is 1.12. The van der Waals surface area contributed by atoms with Gasteiger partial charge in [-0.3, -0.25) is 0 Å². The number of rotatable bonds is 2. The van der Waals surface area contributed by atoms with Gasteiger partial charge >= 0.3 is 0 Å². The molecule has 1 aromatic carbocycles. The van der Waals surface area contributed by atoms with E-state index in [0.717, 1.165) is 12.0 Å². The van der Waals surface area contributed by atoms with Crippen LogP contribution in [0.25, 0.3) is 0 Å². The van der Waals surface area contributed by atoms with E-state index in [9.17, 15) is 0 Å². The highest BCUT2D eigenvalue weighted by atomic mass is 35.5. The van der Waals surface area contributed by atoms with Gasteiger partial charge < -0.3 is 5.11 Å². The summed E-state index contributed by atoms with van der Waals surface area (Å²) >= 11 is 11.8. The van der Waals surface area contributed by atoms with Crippen molar-refractivity contribution in [3.05, 3.63) is 33.8 Å². The number of aliphatic hydroxyl groups is 1. The van der Waals surface area contributed by atoms with E-state index >= 15 is 0 Å². The smallest absolute Gasteiger partial charge is 0.0465 e. The van der Waals surface area contributed by atoms with Crippen LogP contribution in [0.5, 0.6) is 0 Å². The van der Waals surface area contributed by atoms with Crippen LogP contribution >= 0.6 is 23.2 Å². The molecule has 2 atom stereocenters. The summed E-state index contributed by atoms with van der Waals surface area (Å²) in [5, 5.41) is 10.3. The molecule has 1 aromatic rings. The summed E-state index contributed by atoms with van der Waals surface area (Å²) in [6.45, 7) is 0.254. The SMILES string of the molecule is OC[C@@H]1C[C@H]1c1ccc(Cl)cc1Cl. The van der Waals surface area contributed by atoms with E-state index in [4.69, 9.17) is 28.3 Å². The van der Waals surface area contributed by atoms with Crippen molar-refractivity contribution >= 4 is 23.2 Å². The van der Waals surface area contributed by atoms with E-state index in [-0.39, 0.29) is 6.61 Å². The highest BCUT2D eigenvalue weighted by molar-refractivity contribution is 6.35. The van der Waals surface area contributed by atoms with Crippen LogP contribution in [0.1, 0.15) is 17.9 Å². The van der Waals surface area contributed by atoms with Crippen molar-refractivity contribution in [2.24, 2.45) is 5.92 Å². The Balaban J connectivity index is 2.22. The molecule has 0 radical (unpaired) electrons. The van der Waals surface area contributed by atoms with Crippen molar-refractivity contribution < 1.29 is 5.11 Å². The zero-order valence-corrected chi connectivity index (χ0v) is 8.52. The zero-order valence-electron chi connectivity index (χ0n) is 7.00. The Kier molecular flexibility index (Phi) is 2.50. The molecule has 13 heavy (non-hydrogen) atoms. The molecule has 0 unspecified atom stereocenters. The van der Waals surface area contributed by atoms with Gasteiger partial charge in [-0.05, 0) is 36.0 Å². The highest BCUT2D eigenvalue weighted by Crippen LogP contribution is 2.49. The number of benzene rings is 1. The minimum Gasteiger partial charge on any atom is -0.396 e. The van der Waals surface area contributed by atoms with Gasteiger partial charge in [-0.2, -0.15) is 0 Å². The van der Waals surface area contributed by atoms with Crippen LogP contribution < -0.4 is 0 Å². The van der Waals surface area contributed by atoms with Crippen LogP contribution in [0.2, 0.25) is 10.0 Å². The second-order valence-corrected chi connectivity index (χ2v) is 4.29. The third kappa shape index (κ3) is 1.83. The predicted octanol–water partition coefficient (Wildman–Crippen LogP) is 3.09. The molecule has 0 aromatic heterocycles. The minimum absolute atomic E-state index is 0.254. The molecule has 1 aliphatic rings. The fourth-order valence-corrected chi connectivity index (χ4v) is 2.18. The lowest BCUT2D eigenvalue weighted by molar-refractivity contribution is 0.274. The van der Waals surface area contributed by atoms with E-state index < -0.39 is 0 Å². The zero-order chi connectivity index (χ0) is 9.42. The maximum Gasteiger partial charge on any atom is 0.0465 e. The lowest BCUT2D eigenvalue weighted by Gasteiger charge is -2.02. The molecule has 1 fully saturated rings. The van der Waals surface area contributed by atoms with Crippen LogP contribution in [0.4, 0.5) is 0 Å². The first-order valence-electron chi connectivity index (χ1n) is 4.28. The Hall–Kier alpha value is -0.240. The normalized spacial score (nSPS) is 26.1. The van der Waals surface area contributed by atoms with E-state index in [1.54, 1.807) is 6.07 Å². The maximum atomic E-state index is 8.91. The van der Waals surface area contributed by atoms with Crippen molar-refractivity contribution in [2.75, 3.05) is 6.61 Å². The minimum atomic E-state index is 0.254. The molecule has 0 aliphatic heterocycles. The fraction of sp³-hybridized carbons (Fsp3) is 0.400. The van der Waals surface area contributed by atoms with Gasteiger partial charge in [0.15, 0.2) is 0 Å². The molecule has 70 valence electrons. The summed E-state index contributed by atoms with van der Waals surface area (Å²) in [6, 6.07) is 5.55. The fourth-order valence-electron chi connectivity index (χ4n) is 1.63. The average Bonchev–Trinajstić information content (AvgIpc) is 2.83. The van der Waals surface area contributed by atoms with Gasteiger partial charge in [0.25, 0.3) is 0 Å². The highest BCUT2D eigenvalue weighted by Gasteiger charge is 2.38. The molecule has 1 aliphatic carbocycles. The van der Waals surface area contributed by atoms with Gasteiger partial charge in [-0.25, -0.2) is 0 Å². The Bertz CT molecular complexity index is 325. The molecule has 1 saturated carbocycles. The first kappa shape index (κ1) is 9.32. The second kappa shape index (κ2) is 3.49. The standard InChI is InChI=1S/C10H10Cl2O/c11-7-1-2-8(10(12)4-7)9-3-6(9)5-13/h1-2,4,6,9,13H,3,5H2/t6-,9+/m0/s1. The molecule has 0 amide bonds. The van der Waals surface area contributed by atoms with Crippen LogP contribution in [0.15, 0.2) is 18.2 Å². The lowest BCUT2D eigenvalue weighted by atomic mass is 10.1. The lowest BCUT2D eigenvalue weighted by Crippen LogP contribution is -1.89. The Labute approximate surface area is 87.3 Å². The second-order valence-electron chi connectivity index (χ2n) is 3.45. The summed E-state index contributed by atoms with van der Waals surface area (Å²) in [7, 11) is 0. The Morgan fingerprint density at radius 3 is 2.69 bits per heavy atom. The van der Waals surface area contributed by atoms with E-state index in [1.165, 1.54) is 0 Å². The van der Waals surface area contributed by atoms with Crippen molar-refractivity contribution in [3.63, 3.8) is 0 Å². The molecule has 2 rings (SSSR count). The van der Waals surface area contributed by atoms with Crippen LogP contribution in [-0.4, -0.2) is 11.7 Å². The van der Waals surface area contributed by atoms with Gasteiger partial charge in [0.2, 0.25) is 0 Å². The monoisotopic (exact) mass is 216 g/mol. The van der Waals surface area contributed by atoms with Crippen molar-refractivity contribution in [2.45, 2.75) is 12.3 Å². The Morgan fingerprint density at radius 2 is 2.15 bits per heavy atom. The van der Waals surface area contributed by atoms with Crippen molar-refractivity contribution in [1.82, 2.24) is 0 Å². The van der Waals surface area contributed by atoms with E-state index in [2.05, 4.69) is 0 Å². The molecule has 0 saturated heterocycles. The van der Waals surface area contributed by atoms with Gasteiger partial charge in [-0.1, -0.05) is 29.3 Å². The van der Waals surface area contributed by atoms with Gasteiger partial charge in [0.1, 0.15) is 0 Å². The van der Waals surface area contributed by atoms with Crippen LogP contribution in [-0.2, 0) is 0 Å². The molecule has 1 nitrogen and oxygen atoms in total. The number of aliphatic hydroxyl groups excluding tert-OH is 1. The van der Waals surface area contributed by atoms with Gasteiger partial charge in [0, 0.05) is 16.7 Å². The molecule has 3 heteroatoms. The van der Waals surface area contributed by atoms with Crippen LogP contribution in [0.3, 0.4) is 0 Å². The third-order valence-corrected chi connectivity index (χ3v) is 3.08. The summed E-state index contributed by atoms with van der Waals surface area (Å²) in [4.78, 5) is 0. The van der Waals surface area contributed by atoms with Gasteiger partial charge in [0.05, 0.1) is 0 Å². The van der Waals surface area contributed by atoms with E-state index in [0.29, 0.717) is 21.9 Å². The quantitative estimate of drug-likeness (QED) is 0.806. The van der Waals surface area contributed by atoms with Crippen molar-refractivity contribution in [3.8, 4) is 0 Å². The maximum absolute atomic E-state index is 8.91. The van der Waals surface area contributed by atoms with Crippen LogP contribution in [0, 0.1) is 5.92 Å². The number of halogens is 2. The summed E-state index contributed by atoms with van der Waals surface area (Å²) in [6.07, 6.45) is 1.04. The predicted molar refractivity (Wildman–Crippen MR) is 54.4 cm³/mol. The topological polar surface area (TPSA) is 20.2 Å². The Morgan fingerprint density at radius 1 is 1.38 bits per heavy atom. The largest absolute Gasteiger partial charge is 0.396 e. The molecule has 0 heterocycles. The molecule has 0 bridgehead atoms. The average molecular weight is 217 g/mol. The number of hydrogen-bond acceptors (Lipinski definition) is 1. The van der Waals surface area contributed by atoms with Gasteiger partial charge in [-0.15, -0.1) is 0 Å².